The van der Waals surface area contributed by atoms with Gasteiger partial charge in [0, 0.05) is 0 Å². The average Bonchev–Trinajstić information content (AvgIpc) is 2.39. The molecule has 0 heterocycles. The highest BCUT2D eigenvalue weighted by atomic mass is 32.2. The molecule has 0 saturated heterocycles. The van der Waals surface area contributed by atoms with Gasteiger partial charge < -0.3 is 21.0 Å². The molecule has 1 aromatic rings. The summed E-state index contributed by atoms with van der Waals surface area (Å²) in [6.07, 6.45) is 1.88. The summed E-state index contributed by atoms with van der Waals surface area (Å²) in [6.45, 7) is 0. The SMILES string of the molecule is COc1cc(/C=C(\SC=N)C(N)=O)cc(C=O)c1O. The highest BCUT2D eigenvalue weighted by molar-refractivity contribution is 8.16. The highest BCUT2D eigenvalue weighted by Crippen LogP contribution is 2.31. The minimum atomic E-state index is -0.687. The van der Waals surface area contributed by atoms with Crippen LogP contribution in [0.5, 0.6) is 11.5 Å². The Labute approximate surface area is 113 Å². The van der Waals surface area contributed by atoms with Crippen molar-refractivity contribution in [1.29, 1.82) is 5.41 Å². The Morgan fingerprint density at radius 1 is 1.53 bits per heavy atom. The van der Waals surface area contributed by atoms with E-state index < -0.39 is 5.91 Å². The van der Waals surface area contributed by atoms with E-state index in [9.17, 15) is 14.7 Å². The van der Waals surface area contributed by atoms with Crippen LogP contribution in [0.2, 0.25) is 0 Å². The van der Waals surface area contributed by atoms with Crippen molar-refractivity contribution in [3.63, 3.8) is 0 Å². The Bertz CT molecular complexity index is 555. The van der Waals surface area contributed by atoms with Gasteiger partial charge in [-0.2, -0.15) is 0 Å². The standard InChI is InChI=1S/C12H12N2O4S/c1-18-9-3-7(2-8(5-15)11(9)16)4-10(12(14)17)19-6-13/h2-6,13,16H,1H3,(H2,14,17)/b10-4-,13-6?. The largest absolute Gasteiger partial charge is 0.504 e. The lowest BCUT2D eigenvalue weighted by Crippen LogP contribution is -2.11. The number of primary amides is 1. The first-order valence-corrected chi connectivity index (χ1v) is 5.94. The van der Waals surface area contributed by atoms with Gasteiger partial charge in [-0.05, 0) is 23.8 Å². The van der Waals surface area contributed by atoms with E-state index in [0.717, 1.165) is 17.3 Å². The van der Waals surface area contributed by atoms with E-state index in [4.69, 9.17) is 15.9 Å². The van der Waals surface area contributed by atoms with Crippen molar-refractivity contribution in [3.8, 4) is 11.5 Å². The topological polar surface area (TPSA) is 113 Å². The van der Waals surface area contributed by atoms with Gasteiger partial charge in [-0.15, -0.1) is 0 Å². The van der Waals surface area contributed by atoms with Crippen LogP contribution >= 0.6 is 11.8 Å². The minimum Gasteiger partial charge on any atom is -0.504 e. The minimum absolute atomic E-state index is 0.0364. The molecule has 0 aliphatic heterocycles. The Morgan fingerprint density at radius 3 is 2.68 bits per heavy atom. The van der Waals surface area contributed by atoms with Crippen LogP contribution in [0, 0.1) is 5.41 Å². The first kappa shape index (κ1) is 14.8. The Morgan fingerprint density at radius 2 is 2.21 bits per heavy atom. The predicted octanol–water partition coefficient (Wildman–Crippen LogP) is 1.38. The third-order valence-corrected chi connectivity index (χ3v) is 2.89. The second-order valence-corrected chi connectivity index (χ2v) is 4.30. The third-order valence-electron chi connectivity index (χ3n) is 2.20. The van der Waals surface area contributed by atoms with Gasteiger partial charge in [0.25, 0.3) is 5.91 Å². The van der Waals surface area contributed by atoms with Crippen LogP contribution < -0.4 is 10.5 Å². The van der Waals surface area contributed by atoms with Gasteiger partial charge in [-0.25, -0.2) is 0 Å². The number of phenols is 1. The molecule has 1 aromatic carbocycles. The van der Waals surface area contributed by atoms with E-state index >= 15 is 0 Å². The third kappa shape index (κ3) is 3.59. The van der Waals surface area contributed by atoms with Gasteiger partial charge in [0.15, 0.2) is 17.8 Å². The molecule has 0 fully saturated rings. The highest BCUT2D eigenvalue weighted by Gasteiger charge is 2.11. The first-order chi connectivity index (χ1) is 9.03. The molecular weight excluding hydrogens is 268 g/mol. The van der Waals surface area contributed by atoms with Gasteiger partial charge in [0.2, 0.25) is 0 Å². The van der Waals surface area contributed by atoms with Gasteiger partial charge in [-0.3, -0.25) is 9.59 Å². The van der Waals surface area contributed by atoms with Gasteiger partial charge in [0.1, 0.15) is 0 Å². The second-order valence-electron chi connectivity index (χ2n) is 3.39. The summed E-state index contributed by atoms with van der Waals surface area (Å²) >= 11 is 0.847. The molecule has 0 saturated carbocycles. The molecule has 0 atom stereocenters. The van der Waals surface area contributed by atoms with Crippen molar-refractivity contribution in [2.45, 2.75) is 0 Å². The zero-order chi connectivity index (χ0) is 14.4. The van der Waals surface area contributed by atoms with Crippen molar-refractivity contribution in [3.05, 3.63) is 28.2 Å². The summed E-state index contributed by atoms with van der Waals surface area (Å²) in [6, 6.07) is 2.84. The molecular formula is C12H12N2O4S. The van der Waals surface area contributed by atoms with Crippen LogP contribution in [0.3, 0.4) is 0 Å². The fourth-order valence-electron chi connectivity index (χ4n) is 1.36. The van der Waals surface area contributed by atoms with Crippen LogP contribution in [0.1, 0.15) is 15.9 Å². The van der Waals surface area contributed by atoms with Crippen LogP contribution in [0.4, 0.5) is 0 Å². The average molecular weight is 280 g/mol. The maximum absolute atomic E-state index is 11.1. The fraction of sp³-hybridized carbons (Fsp3) is 0.0833. The van der Waals surface area contributed by atoms with Crippen molar-refractivity contribution in [1.82, 2.24) is 0 Å². The number of carbonyl (C=O) groups is 2. The summed E-state index contributed by atoms with van der Waals surface area (Å²) in [5.74, 6) is -0.845. The Kier molecular flexibility index (Phi) is 5.13. The number of phenolic OH excluding ortho intramolecular Hbond substituents is 1. The number of rotatable bonds is 6. The Balaban J connectivity index is 3.34. The van der Waals surface area contributed by atoms with E-state index in [1.165, 1.54) is 25.3 Å². The van der Waals surface area contributed by atoms with Crippen molar-refractivity contribution in [2.24, 2.45) is 5.73 Å². The molecule has 0 aromatic heterocycles. The van der Waals surface area contributed by atoms with Gasteiger partial charge >= 0.3 is 0 Å². The molecule has 0 aliphatic rings. The summed E-state index contributed by atoms with van der Waals surface area (Å²) in [4.78, 5) is 22.1. The van der Waals surface area contributed by atoms with E-state index in [2.05, 4.69) is 0 Å². The number of aldehydes is 1. The summed E-state index contributed by atoms with van der Waals surface area (Å²) in [7, 11) is 1.35. The molecule has 0 radical (unpaired) electrons. The molecule has 4 N–H and O–H groups in total. The number of hydrogen-bond donors (Lipinski definition) is 3. The molecule has 19 heavy (non-hydrogen) atoms. The lowest BCUT2D eigenvalue weighted by atomic mass is 10.1. The van der Waals surface area contributed by atoms with E-state index in [0.29, 0.717) is 11.8 Å². The summed E-state index contributed by atoms with van der Waals surface area (Å²) in [5.41, 5.74) is 6.62. The quantitative estimate of drug-likeness (QED) is 0.315. The lowest BCUT2D eigenvalue weighted by molar-refractivity contribution is -0.113. The summed E-state index contributed by atoms with van der Waals surface area (Å²) < 4.78 is 4.92. The van der Waals surface area contributed by atoms with E-state index in [-0.39, 0.29) is 22.0 Å². The number of ether oxygens (including phenoxy) is 1. The number of amides is 1. The molecule has 0 bridgehead atoms. The number of carbonyl (C=O) groups excluding carboxylic acids is 2. The molecule has 100 valence electrons. The number of thioether (sulfide) groups is 1. The number of nitrogens with one attached hydrogen (secondary N) is 1. The molecule has 1 amide bonds. The maximum Gasteiger partial charge on any atom is 0.255 e. The summed E-state index contributed by atoms with van der Waals surface area (Å²) in [5, 5.41) is 16.6. The van der Waals surface area contributed by atoms with Crippen molar-refractivity contribution < 1.29 is 19.4 Å². The molecule has 0 aliphatic carbocycles. The van der Waals surface area contributed by atoms with Gasteiger partial charge in [0.05, 0.1) is 23.1 Å². The van der Waals surface area contributed by atoms with E-state index in [1.54, 1.807) is 0 Å². The maximum atomic E-state index is 11.1. The molecule has 0 unspecified atom stereocenters. The smallest absolute Gasteiger partial charge is 0.255 e. The van der Waals surface area contributed by atoms with Crippen LogP contribution in [-0.4, -0.2) is 30.0 Å². The van der Waals surface area contributed by atoms with Crippen LogP contribution in [0.15, 0.2) is 17.0 Å². The first-order valence-electron chi connectivity index (χ1n) is 5.06. The zero-order valence-electron chi connectivity index (χ0n) is 10.0. The Hall–Kier alpha value is -2.28. The molecule has 1 rings (SSSR count). The number of aromatic hydroxyl groups is 1. The zero-order valence-corrected chi connectivity index (χ0v) is 10.9. The second kappa shape index (κ2) is 6.60. The molecule has 6 nitrogen and oxygen atoms in total. The van der Waals surface area contributed by atoms with Gasteiger partial charge in [-0.1, -0.05) is 11.8 Å². The number of methoxy groups -OCH3 is 1. The monoisotopic (exact) mass is 280 g/mol. The van der Waals surface area contributed by atoms with Crippen molar-refractivity contribution >= 4 is 35.6 Å². The fourth-order valence-corrected chi connectivity index (χ4v) is 1.81. The van der Waals surface area contributed by atoms with Crippen LogP contribution in [-0.2, 0) is 4.79 Å². The van der Waals surface area contributed by atoms with Crippen molar-refractivity contribution in [2.75, 3.05) is 7.11 Å². The lowest BCUT2D eigenvalue weighted by Gasteiger charge is -2.07. The molecule has 0 spiro atoms. The van der Waals surface area contributed by atoms with E-state index in [1.807, 2.05) is 0 Å². The molecule has 7 heteroatoms. The number of benzene rings is 1. The number of nitrogens with two attached hydrogens (primary N) is 1. The normalized spacial score (nSPS) is 10.9. The number of hydrogen-bond acceptors (Lipinski definition) is 6. The predicted molar refractivity (Wildman–Crippen MR) is 73.6 cm³/mol. The van der Waals surface area contributed by atoms with Crippen LogP contribution in [0.25, 0.3) is 6.08 Å².